The van der Waals surface area contributed by atoms with Gasteiger partial charge in [-0.3, -0.25) is 9.78 Å². The van der Waals surface area contributed by atoms with Crippen LogP contribution in [0.25, 0.3) is 6.08 Å². The minimum absolute atomic E-state index is 0.181. The molecule has 1 fully saturated rings. The first-order chi connectivity index (χ1) is 9.38. The molecular formula is C15H18N2O3. The van der Waals surface area contributed by atoms with Crippen LogP contribution in [0.1, 0.15) is 42.6 Å². The van der Waals surface area contributed by atoms with Crippen molar-refractivity contribution in [2.75, 3.05) is 0 Å². The van der Waals surface area contributed by atoms with E-state index in [2.05, 4.69) is 10.3 Å². The third-order valence-corrected chi connectivity index (χ3v) is 3.47. The van der Waals surface area contributed by atoms with Gasteiger partial charge in [0, 0.05) is 24.0 Å². The fourth-order valence-electron chi connectivity index (χ4n) is 2.11. The highest BCUT2D eigenvalue weighted by Crippen LogP contribution is 2.39. The summed E-state index contributed by atoms with van der Waals surface area (Å²) in [4.78, 5) is 26.6. The number of carboxylic acids is 1. The maximum absolute atomic E-state index is 12.2. The fraction of sp³-hybridized carbons (Fsp3) is 0.400. The average Bonchev–Trinajstić information content (AvgIpc) is 3.20. The van der Waals surface area contributed by atoms with E-state index in [1.807, 2.05) is 13.8 Å². The van der Waals surface area contributed by atoms with Crippen LogP contribution in [0.3, 0.4) is 0 Å². The first kappa shape index (κ1) is 14.2. The molecule has 1 aliphatic carbocycles. The molecule has 0 radical (unpaired) electrons. The van der Waals surface area contributed by atoms with Crippen LogP contribution >= 0.6 is 0 Å². The van der Waals surface area contributed by atoms with Gasteiger partial charge in [0.05, 0.1) is 5.56 Å². The molecule has 1 saturated carbocycles. The summed E-state index contributed by atoms with van der Waals surface area (Å²) < 4.78 is 0. The second-order valence-corrected chi connectivity index (χ2v) is 5.63. The summed E-state index contributed by atoms with van der Waals surface area (Å²) in [5.41, 5.74) is 0.805. The van der Waals surface area contributed by atoms with Gasteiger partial charge in [0.15, 0.2) is 0 Å². The standard InChI is InChI=1S/C15H18N2O3/c1-15(2,12-4-5-12)17-14(20)11-7-10(8-16-9-11)3-6-13(18)19/h3,6-9,12H,4-5H2,1-2H3,(H,17,20)(H,18,19)/b6-3+. The molecule has 0 atom stereocenters. The molecule has 1 aromatic heterocycles. The van der Waals surface area contributed by atoms with Crippen molar-refractivity contribution >= 4 is 18.0 Å². The van der Waals surface area contributed by atoms with E-state index in [-0.39, 0.29) is 11.4 Å². The van der Waals surface area contributed by atoms with Crippen molar-refractivity contribution in [3.63, 3.8) is 0 Å². The predicted octanol–water partition coefficient (Wildman–Crippen LogP) is 2.10. The molecule has 2 rings (SSSR count). The molecule has 1 heterocycles. The van der Waals surface area contributed by atoms with Gasteiger partial charge in [0.25, 0.3) is 5.91 Å². The van der Waals surface area contributed by atoms with E-state index in [0.29, 0.717) is 17.0 Å². The molecule has 1 aromatic rings. The van der Waals surface area contributed by atoms with Crippen LogP contribution in [0.2, 0.25) is 0 Å². The van der Waals surface area contributed by atoms with Crippen molar-refractivity contribution < 1.29 is 14.7 Å². The van der Waals surface area contributed by atoms with Crippen LogP contribution < -0.4 is 5.32 Å². The number of pyridine rings is 1. The highest BCUT2D eigenvalue weighted by molar-refractivity contribution is 5.95. The van der Waals surface area contributed by atoms with Crippen LogP contribution in [0.15, 0.2) is 24.5 Å². The number of carbonyl (C=O) groups is 2. The van der Waals surface area contributed by atoms with Gasteiger partial charge in [-0.2, -0.15) is 0 Å². The van der Waals surface area contributed by atoms with Gasteiger partial charge in [0.1, 0.15) is 0 Å². The van der Waals surface area contributed by atoms with E-state index in [4.69, 9.17) is 5.11 Å². The molecule has 1 aliphatic rings. The highest BCUT2D eigenvalue weighted by atomic mass is 16.4. The Morgan fingerprint density at radius 2 is 2.10 bits per heavy atom. The van der Waals surface area contributed by atoms with Gasteiger partial charge in [-0.1, -0.05) is 0 Å². The van der Waals surface area contributed by atoms with Crippen LogP contribution in [0.4, 0.5) is 0 Å². The third-order valence-electron chi connectivity index (χ3n) is 3.47. The van der Waals surface area contributed by atoms with Gasteiger partial charge in [0.2, 0.25) is 0 Å². The first-order valence-electron chi connectivity index (χ1n) is 6.57. The Bertz CT molecular complexity index is 560. The first-order valence-corrected chi connectivity index (χ1v) is 6.57. The lowest BCUT2D eigenvalue weighted by Gasteiger charge is -2.26. The zero-order valence-electron chi connectivity index (χ0n) is 11.6. The number of carboxylic acid groups (broad SMARTS) is 1. The van der Waals surface area contributed by atoms with E-state index in [1.54, 1.807) is 6.07 Å². The molecule has 2 N–H and O–H groups in total. The molecule has 106 valence electrons. The summed E-state index contributed by atoms with van der Waals surface area (Å²) in [6, 6.07) is 1.63. The molecule has 0 saturated heterocycles. The molecule has 0 spiro atoms. The van der Waals surface area contributed by atoms with E-state index in [1.165, 1.54) is 18.5 Å². The summed E-state index contributed by atoms with van der Waals surface area (Å²) in [5.74, 6) is -0.677. The summed E-state index contributed by atoms with van der Waals surface area (Å²) >= 11 is 0. The number of hydrogen-bond acceptors (Lipinski definition) is 3. The molecule has 1 amide bonds. The van der Waals surface area contributed by atoms with Crippen molar-refractivity contribution in [3.05, 3.63) is 35.7 Å². The summed E-state index contributed by atoms with van der Waals surface area (Å²) in [6.45, 7) is 4.04. The van der Waals surface area contributed by atoms with Gasteiger partial charge in [-0.15, -0.1) is 0 Å². The van der Waals surface area contributed by atoms with Crippen molar-refractivity contribution in [3.8, 4) is 0 Å². The SMILES string of the molecule is CC(C)(NC(=O)c1cncc(/C=C/C(=O)O)c1)C1CC1. The second-order valence-electron chi connectivity index (χ2n) is 5.63. The topological polar surface area (TPSA) is 79.3 Å². The Balaban J connectivity index is 2.10. The number of amides is 1. The molecular weight excluding hydrogens is 256 g/mol. The number of aromatic nitrogens is 1. The molecule has 0 bridgehead atoms. The van der Waals surface area contributed by atoms with Gasteiger partial charge in [-0.05, 0) is 50.3 Å². The van der Waals surface area contributed by atoms with Crippen LogP contribution in [-0.2, 0) is 4.79 Å². The van der Waals surface area contributed by atoms with Gasteiger partial charge < -0.3 is 10.4 Å². The largest absolute Gasteiger partial charge is 0.478 e. The highest BCUT2D eigenvalue weighted by Gasteiger charge is 2.38. The minimum atomic E-state index is -1.03. The molecule has 0 aliphatic heterocycles. The Labute approximate surface area is 117 Å². The quantitative estimate of drug-likeness (QED) is 0.806. The number of aliphatic carboxylic acids is 1. The van der Waals surface area contributed by atoms with E-state index in [9.17, 15) is 9.59 Å². The second kappa shape index (κ2) is 5.45. The normalized spacial score (nSPS) is 15.3. The van der Waals surface area contributed by atoms with Crippen molar-refractivity contribution in [2.24, 2.45) is 5.92 Å². The Morgan fingerprint density at radius 3 is 2.70 bits per heavy atom. The molecule has 5 heteroatoms. The van der Waals surface area contributed by atoms with Crippen LogP contribution in [-0.4, -0.2) is 27.5 Å². The van der Waals surface area contributed by atoms with Gasteiger partial charge in [-0.25, -0.2) is 4.79 Å². The number of hydrogen-bond donors (Lipinski definition) is 2. The number of rotatable bonds is 5. The fourth-order valence-corrected chi connectivity index (χ4v) is 2.11. The lowest BCUT2D eigenvalue weighted by molar-refractivity contribution is -0.131. The predicted molar refractivity (Wildman–Crippen MR) is 75.2 cm³/mol. The van der Waals surface area contributed by atoms with Crippen LogP contribution in [0.5, 0.6) is 0 Å². The number of nitrogens with one attached hydrogen (secondary N) is 1. The maximum Gasteiger partial charge on any atom is 0.328 e. The number of nitrogens with zero attached hydrogens (tertiary/aromatic N) is 1. The summed E-state index contributed by atoms with van der Waals surface area (Å²) in [7, 11) is 0. The smallest absolute Gasteiger partial charge is 0.328 e. The van der Waals surface area contributed by atoms with Crippen LogP contribution in [0, 0.1) is 5.92 Å². The lowest BCUT2D eigenvalue weighted by Crippen LogP contribution is -2.45. The molecule has 0 aromatic carbocycles. The summed E-state index contributed by atoms with van der Waals surface area (Å²) in [5, 5.41) is 11.6. The van der Waals surface area contributed by atoms with Crippen molar-refractivity contribution in [2.45, 2.75) is 32.2 Å². The van der Waals surface area contributed by atoms with E-state index >= 15 is 0 Å². The lowest BCUT2D eigenvalue weighted by atomic mass is 9.98. The third kappa shape index (κ3) is 3.66. The zero-order valence-corrected chi connectivity index (χ0v) is 11.6. The number of carbonyl (C=O) groups excluding carboxylic acids is 1. The van der Waals surface area contributed by atoms with E-state index in [0.717, 1.165) is 18.9 Å². The Kier molecular flexibility index (Phi) is 3.88. The van der Waals surface area contributed by atoms with Crippen molar-refractivity contribution in [1.82, 2.24) is 10.3 Å². The van der Waals surface area contributed by atoms with Crippen molar-refractivity contribution in [1.29, 1.82) is 0 Å². The Morgan fingerprint density at radius 1 is 1.40 bits per heavy atom. The minimum Gasteiger partial charge on any atom is -0.478 e. The summed E-state index contributed by atoms with van der Waals surface area (Å²) in [6.07, 6.45) is 7.73. The monoisotopic (exact) mass is 274 g/mol. The average molecular weight is 274 g/mol. The molecule has 20 heavy (non-hydrogen) atoms. The molecule has 5 nitrogen and oxygen atoms in total. The van der Waals surface area contributed by atoms with Gasteiger partial charge >= 0.3 is 5.97 Å². The molecule has 0 unspecified atom stereocenters. The zero-order chi connectivity index (χ0) is 14.8. The van der Waals surface area contributed by atoms with E-state index < -0.39 is 5.97 Å². The maximum atomic E-state index is 12.2. The Hall–Kier alpha value is -2.17.